The minimum atomic E-state index is -0.130. The predicted molar refractivity (Wildman–Crippen MR) is 108 cm³/mol. The van der Waals surface area contributed by atoms with Gasteiger partial charge in [0.1, 0.15) is 5.82 Å². The highest BCUT2D eigenvalue weighted by Crippen LogP contribution is 2.23. The number of carbonyl (C=O) groups excluding carboxylic acids is 2. The summed E-state index contributed by atoms with van der Waals surface area (Å²) in [6.45, 7) is 3.33. The molecule has 3 aromatic rings. The van der Waals surface area contributed by atoms with Crippen molar-refractivity contribution in [3.8, 4) is 11.4 Å². The van der Waals surface area contributed by atoms with Crippen LogP contribution in [0.3, 0.4) is 0 Å². The van der Waals surface area contributed by atoms with Gasteiger partial charge in [-0.05, 0) is 30.4 Å². The molecule has 0 aliphatic carbocycles. The molecule has 1 unspecified atom stereocenters. The van der Waals surface area contributed by atoms with Gasteiger partial charge in [-0.3, -0.25) is 14.3 Å². The van der Waals surface area contributed by atoms with Gasteiger partial charge in [-0.2, -0.15) is 5.10 Å². The first-order chi connectivity index (χ1) is 14.1. The van der Waals surface area contributed by atoms with E-state index in [0.29, 0.717) is 24.6 Å². The zero-order valence-corrected chi connectivity index (χ0v) is 16.3. The molecule has 0 saturated carbocycles. The van der Waals surface area contributed by atoms with Crippen LogP contribution < -0.4 is 10.6 Å². The molecule has 29 heavy (non-hydrogen) atoms. The lowest BCUT2D eigenvalue weighted by Crippen LogP contribution is -2.33. The van der Waals surface area contributed by atoms with Crippen LogP contribution in [-0.2, 0) is 24.3 Å². The first-order valence-corrected chi connectivity index (χ1v) is 9.76. The second-order valence-corrected chi connectivity index (χ2v) is 7.34. The van der Waals surface area contributed by atoms with Gasteiger partial charge in [0.25, 0.3) is 5.91 Å². The second-order valence-electron chi connectivity index (χ2n) is 7.34. The predicted octanol–water partition coefficient (Wildman–Crippen LogP) is 1.90. The Labute approximate surface area is 168 Å². The van der Waals surface area contributed by atoms with E-state index < -0.39 is 0 Å². The van der Waals surface area contributed by atoms with Crippen LogP contribution in [0.15, 0.2) is 42.9 Å². The lowest BCUT2D eigenvalue weighted by Gasteiger charge is -2.24. The number of imidazole rings is 1. The quantitative estimate of drug-likeness (QED) is 0.596. The number of aromatic nitrogens is 4. The van der Waals surface area contributed by atoms with Crippen molar-refractivity contribution in [3.63, 3.8) is 0 Å². The molecule has 1 aliphatic heterocycles. The van der Waals surface area contributed by atoms with Crippen LogP contribution >= 0.6 is 0 Å². The summed E-state index contributed by atoms with van der Waals surface area (Å²) in [6, 6.07) is 7.92. The van der Waals surface area contributed by atoms with Crippen molar-refractivity contribution in [2.75, 3.05) is 6.54 Å². The van der Waals surface area contributed by atoms with Crippen LogP contribution in [-0.4, -0.2) is 38.1 Å². The zero-order valence-electron chi connectivity index (χ0n) is 16.3. The van der Waals surface area contributed by atoms with Crippen molar-refractivity contribution in [1.82, 2.24) is 30.4 Å². The lowest BCUT2D eigenvalue weighted by molar-refractivity contribution is -0.119. The maximum absolute atomic E-state index is 12.8. The molecule has 0 saturated heterocycles. The Kier molecular flexibility index (Phi) is 5.41. The Morgan fingerprint density at radius 2 is 2.21 bits per heavy atom. The van der Waals surface area contributed by atoms with Crippen LogP contribution in [0.2, 0.25) is 0 Å². The second kappa shape index (κ2) is 8.30. The highest BCUT2D eigenvalue weighted by molar-refractivity contribution is 5.95. The van der Waals surface area contributed by atoms with E-state index in [4.69, 9.17) is 0 Å². The molecule has 2 aromatic heterocycles. The maximum Gasteiger partial charge on any atom is 0.255 e. The third-order valence-corrected chi connectivity index (χ3v) is 5.22. The van der Waals surface area contributed by atoms with E-state index in [9.17, 15) is 9.59 Å². The summed E-state index contributed by atoms with van der Waals surface area (Å²) in [5.74, 6) is 0.961. The average molecular weight is 392 g/mol. The van der Waals surface area contributed by atoms with E-state index in [-0.39, 0.29) is 11.8 Å². The number of hydrogen-bond donors (Lipinski definition) is 3. The minimum Gasteiger partial charge on any atom is -0.356 e. The number of rotatable bonds is 6. The fourth-order valence-corrected chi connectivity index (χ4v) is 3.68. The van der Waals surface area contributed by atoms with Crippen molar-refractivity contribution >= 4 is 11.8 Å². The molecule has 0 bridgehead atoms. The number of aryl methyl sites for hydroxylation is 1. The number of nitrogens with zero attached hydrogens (tertiary/aromatic N) is 3. The third kappa shape index (κ3) is 4.37. The molecule has 1 aliphatic rings. The summed E-state index contributed by atoms with van der Waals surface area (Å²) in [7, 11) is 0. The van der Waals surface area contributed by atoms with Gasteiger partial charge in [0.05, 0.1) is 17.5 Å². The van der Waals surface area contributed by atoms with Gasteiger partial charge in [-0.15, -0.1) is 0 Å². The standard InChI is InChI=1S/C21H24N6O2/c1-14(28)24-11-16-5-8-27-19(10-16)18(13-26-27)21(29)25-12-15-3-2-4-17(9-15)20-22-6-7-23-20/h2-4,6-7,9,13,16H,5,8,10-12H2,1H3,(H,22,23)(H,24,28)(H,25,29). The SMILES string of the molecule is CC(=O)NCC1CCn2ncc(C(=O)NCc3cccc(-c4ncc[nH]4)c3)c2C1. The number of carbonyl (C=O) groups is 2. The van der Waals surface area contributed by atoms with Crippen LogP contribution in [0.25, 0.3) is 11.4 Å². The summed E-state index contributed by atoms with van der Waals surface area (Å²) in [5.41, 5.74) is 3.52. The van der Waals surface area contributed by atoms with E-state index in [1.165, 1.54) is 6.92 Å². The number of benzene rings is 1. The van der Waals surface area contributed by atoms with Gasteiger partial charge in [-0.1, -0.05) is 18.2 Å². The molecular formula is C21H24N6O2. The topological polar surface area (TPSA) is 105 Å². The van der Waals surface area contributed by atoms with Crippen molar-refractivity contribution < 1.29 is 9.59 Å². The Hall–Kier alpha value is -3.42. The fourth-order valence-electron chi connectivity index (χ4n) is 3.68. The number of fused-ring (bicyclic) bond motifs is 1. The molecule has 1 aromatic carbocycles. The summed E-state index contributed by atoms with van der Waals surface area (Å²) in [6.07, 6.45) is 6.82. The van der Waals surface area contributed by atoms with Gasteiger partial charge >= 0.3 is 0 Å². The molecule has 8 nitrogen and oxygen atoms in total. The monoisotopic (exact) mass is 392 g/mol. The molecule has 8 heteroatoms. The van der Waals surface area contributed by atoms with E-state index >= 15 is 0 Å². The molecule has 1 atom stereocenters. The van der Waals surface area contributed by atoms with E-state index in [2.05, 4.69) is 25.7 Å². The van der Waals surface area contributed by atoms with E-state index in [1.807, 2.05) is 28.9 Å². The Morgan fingerprint density at radius 3 is 3.00 bits per heavy atom. The number of hydrogen-bond acceptors (Lipinski definition) is 4. The molecule has 2 amide bonds. The van der Waals surface area contributed by atoms with Crippen molar-refractivity contribution in [2.24, 2.45) is 5.92 Å². The maximum atomic E-state index is 12.8. The Morgan fingerprint density at radius 1 is 1.31 bits per heavy atom. The average Bonchev–Trinajstić information content (AvgIpc) is 3.40. The molecule has 4 rings (SSSR count). The number of aromatic amines is 1. The summed E-state index contributed by atoms with van der Waals surface area (Å²) in [4.78, 5) is 31.3. The third-order valence-electron chi connectivity index (χ3n) is 5.22. The largest absolute Gasteiger partial charge is 0.356 e. The molecule has 3 heterocycles. The van der Waals surface area contributed by atoms with Crippen LogP contribution in [0.4, 0.5) is 0 Å². The molecule has 0 fully saturated rings. The molecule has 0 spiro atoms. The zero-order chi connectivity index (χ0) is 20.2. The van der Waals surface area contributed by atoms with Gasteiger partial charge in [0.2, 0.25) is 5.91 Å². The number of nitrogens with one attached hydrogen (secondary N) is 3. The highest BCUT2D eigenvalue weighted by atomic mass is 16.2. The molecular weight excluding hydrogens is 368 g/mol. The van der Waals surface area contributed by atoms with Crippen molar-refractivity contribution in [3.05, 3.63) is 59.7 Å². The van der Waals surface area contributed by atoms with Crippen LogP contribution in [0.5, 0.6) is 0 Å². The fraction of sp³-hybridized carbons (Fsp3) is 0.333. The van der Waals surface area contributed by atoms with Gasteiger partial charge in [0.15, 0.2) is 0 Å². The molecule has 0 radical (unpaired) electrons. The summed E-state index contributed by atoms with van der Waals surface area (Å²) >= 11 is 0. The Bertz CT molecular complexity index is 1010. The van der Waals surface area contributed by atoms with E-state index in [1.54, 1.807) is 18.6 Å². The normalized spacial score (nSPS) is 15.6. The van der Waals surface area contributed by atoms with Crippen molar-refractivity contribution in [2.45, 2.75) is 32.9 Å². The first-order valence-electron chi connectivity index (χ1n) is 9.76. The van der Waals surface area contributed by atoms with E-state index in [0.717, 1.165) is 42.0 Å². The smallest absolute Gasteiger partial charge is 0.255 e. The first kappa shape index (κ1) is 18.9. The highest BCUT2D eigenvalue weighted by Gasteiger charge is 2.25. The van der Waals surface area contributed by atoms with Crippen molar-refractivity contribution in [1.29, 1.82) is 0 Å². The molecule has 150 valence electrons. The summed E-state index contributed by atoms with van der Waals surface area (Å²) < 4.78 is 1.90. The number of amides is 2. The van der Waals surface area contributed by atoms with Gasteiger partial charge in [0, 0.05) is 44.5 Å². The van der Waals surface area contributed by atoms with Gasteiger partial charge < -0.3 is 15.6 Å². The Balaban J connectivity index is 1.41. The molecule has 3 N–H and O–H groups in total. The lowest BCUT2D eigenvalue weighted by atomic mass is 9.94. The minimum absolute atomic E-state index is 0.0289. The van der Waals surface area contributed by atoms with Gasteiger partial charge in [-0.25, -0.2) is 4.98 Å². The number of H-pyrrole nitrogens is 1. The van der Waals surface area contributed by atoms with Crippen LogP contribution in [0.1, 0.15) is 35.0 Å². The summed E-state index contributed by atoms with van der Waals surface area (Å²) in [5, 5.41) is 10.2. The van der Waals surface area contributed by atoms with Crippen LogP contribution in [0, 0.1) is 5.92 Å².